The van der Waals surface area contributed by atoms with Gasteiger partial charge in [-0.2, -0.15) is 0 Å². The van der Waals surface area contributed by atoms with Gasteiger partial charge in [0.05, 0.1) is 18.6 Å². The number of rotatable bonds is 3. The molecule has 1 fully saturated rings. The number of hydrogen-bond donors (Lipinski definition) is 1. The Balaban J connectivity index is 1.64. The molecule has 0 spiro atoms. The molecule has 3 aromatic carbocycles. The number of phenols is 1. The molecule has 1 heterocycles. The van der Waals surface area contributed by atoms with Crippen LogP contribution in [0.15, 0.2) is 59.5 Å². The third kappa shape index (κ3) is 3.79. The van der Waals surface area contributed by atoms with E-state index in [2.05, 4.69) is 0 Å². The molecular weight excluding hydrogens is 600 g/mol. The number of fused-ring (bicyclic) bond motifs is 1. The zero-order chi connectivity index (χ0) is 19.8. The van der Waals surface area contributed by atoms with Gasteiger partial charge in [0.1, 0.15) is 5.75 Å². The molecule has 0 saturated carbocycles. The first-order valence-corrected chi connectivity index (χ1v) is 11.3. The van der Waals surface area contributed by atoms with Gasteiger partial charge < -0.3 is 5.11 Å². The van der Waals surface area contributed by atoms with E-state index in [0.29, 0.717) is 12.0 Å². The second kappa shape index (κ2) is 8.03. The van der Waals surface area contributed by atoms with Crippen LogP contribution in [-0.2, 0) is 11.3 Å². The molecular formula is C21H13I2NO3S. The highest BCUT2D eigenvalue weighted by Gasteiger charge is 2.35. The average Bonchev–Trinajstić information content (AvgIpc) is 2.93. The average molecular weight is 613 g/mol. The van der Waals surface area contributed by atoms with Crippen LogP contribution in [0, 0.1) is 7.14 Å². The summed E-state index contributed by atoms with van der Waals surface area (Å²) >= 11 is 5.04. The van der Waals surface area contributed by atoms with Crippen molar-refractivity contribution in [1.82, 2.24) is 4.90 Å². The maximum atomic E-state index is 12.9. The largest absolute Gasteiger partial charge is 0.506 e. The smallest absolute Gasteiger partial charge is 0.293 e. The maximum absolute atomic E-state index is 12.9. The maximum Gasteiger partial charge on any atom is 0.293 e. The summed E-state index contributed by atoms with van der Waals surface area (Å²) in [5.41, 5.74) is 1.72. The highest BCUT2D eigenvalue weighted by molar-refractivity contribution is 14.1. The van der Waals surface area contributed by atoms with Crippen molar-refractivity contribution in [2.75, 3.05) is 0 Å². The fourth-order valence-electron chi connectivity index (χ4n) is 3.06. The lowest BCUT2D eigenvalue weighted by molar-refractivity contribution is -0.123. The Bertz CT molecular complexity index is 1130. The number of nitrogens with zero attached hydrogens (tertiary/aromatic N) is 1. The predicted molar refractivity (Wildman–Crippen MR) is 129 cm³/mol. The van der Waals surface area contributed by atoms with E-state index in [4.69, 9.17) is 0 Å². The van der Waals surface area contributed by atoms with E-state index in [0.717, 1.165) is 33.7 Å². The molecule has 7 heteroatoms. The summed E-state index contributed by atoms with van der Waals surface area (Å²) in [7, 11) is 0. The minimum atomic E-state index is -0.291. The summed E-state index contributed by atoms with van der Waals surface area (Å²) in [6, 6.07) is 17.4. The van der Waals surface area contributed by atoms with Gasteiger partial charge in [0.25, 0.3) is 11.1 Å². The SMILES string of the molecule is O=C1S/C(=C\c2cc(I)c(O)c(I)c2)C(=O)N1Cc1cccc2ccccc12. The molecule has 0 aromatic heterocycles. The molecule has 0 aliphatic carbocycles. The second-order valence-electron chi connectivity index (χ2n) is 6.24. The Labute approximate surface area is 193 Å². The van der Waals surface area contributed by atoms with Crippen molar-refractivity contribution in [3.63, 3.8) is 0 Å². The van der Waals surface area contributed by atoms with Crippen molar-refractivity contribution >= 4 is 84.9 Å². The van der Waals surface area contributed by atoms with Crippen LogP contribution in [0.25, 0.3) is 16.8 Å². The number of phenolic OH excluding ortho intramolecular Hbond substituents is 1. The summed E-state index contributed by atoms with van der Waals surface area (Å²) < 4.78 is 1.40. The van der Waals surface area contributed by atoms with Gasteiger partial charge in [0.2, 0.25) is 0 Å². The quantitative estimate of drug-likeness (QED) is 0.292. The number of aromatic hydroxyl groups is 1. The lowest BCUT2D eigenvalue weighted by atomic mass is 10.0. The molecule has 1 aliphatic rings. The standard InChI is InChI=1S/C21H13I2NO3S/c22-16-8-12(9-17(23)19(16)25)10-18-20(26)24(21(27)28-18)11-14-6-3-5-13-4-1-2-7-15(13)14/h1-10,25H,11H2/b18-10-. The molecule has 1 saturated heterocycles. The molecule has 0 atom stereocenters. The van der Waals surface area contributed by atoms with Gasteiger partial charge in [-0.1, -0.05) is 42.5 Å². The van der Waals surface area contributed by atoms with Crippen molar-refractivity contribution in [2.45, 2.75) is 6.54 Å². The number of amides is 2. The minimum absolute atomic E-state index is 0.224. The highest BCUT2D eigenvalue weighted by Crippen LogP contribution is 2.35. The number of benzene rings is 3. The van der Waals surface area contributed by atoms with E-state index in [1.165, 1.54) is 4.90 Å². The van der Waals surface area contributed by atoms with E-state index in [9.17, 15) is 14.7 Å². The van der Waals surface area contributed by atoms with Crippen LogP contribution in [-0.4, -0.2) is 21.2 Å². The zero-order valence-corrected chi connectivity index (χ0v) is 19.5. The van der Waals surface area contributed by atoms with Gasteiger partial charge in [-0.25, -0.2) is 0 Å². The van der Waals surface area contributed by atoms with E-state index in [1.54, 1.807) is 18.2 Å². The van der Waals surface area contributed by atoms with Crippen LogP contribution in [0.3, 0.4) is 0 Å². The number of imide groups is 1. The third-order valence-corrected chi connectivity index (χ3v) is 6.97. The second-order valence-corrected chi connectivity index (χ2v) is 9.56. The molecule has 140 valence electrons. The van der Waals surface area contributed by atoms with E-state index in [-0.39, 0.29) is 23.4 Å². The molecule has 4 rings (SSSR count). The third-order valence-electron chi connectivity index (χ3n) is 4.42. The van der Waals surface area contributed by atoms with Crippen molar-refractivity contribution in [3.8, 4) is 5.75 Å². The summed E-state index contributed by atoms with van der Waals surface area (Å²) in [6.07, 6.45) is 1.71. The summed E-state index contributed by atoms with van der Waals surface area (Å²) in [5.74, 6) is -0.0663. The molecule has 3 aromatic rings. The first-order valence-electron chi connectivity index (χ1n) is 8.34. The van der Waals surface area contributed by atoms with E-state index in [1.807, 2.05) is 87.6 Å². The Hall–Kier alpha value is -1.59. The molecule has 1 aliphatic heterocycles. The van der Waals surface area contributed by atoms with Gasteiger partial charge in [-0.05, 0) is 97.1 Å². The first-order chi connectivity index (χ1) is 13.4. The van der Waals surface area contributed by atoms with Crippen LogP contribution in [0.1, 0.15) is 11.1 Å². The van der Waals surface area contributed by atoms with Crippen LogP contribution in [0.2, 0.25) is 0 Å². The molecule has 0 unspecified atom stereocenters. The first kappa shape index (κ1) is 19.7. The minimum Gasteiger partial charge on any atom is -0.506 e. The molecule has 0 bridgehead atoms. The fourth-order valence-corrected chi connectivity index (χ4v) is 5.71. The van der Waals surface area contributed by atoms with Gasteiger partial charge >= 0.3 is 0 Å². The van der Waals surface area contributed by atoms with Gasteiger partial charge in [-0.15, -0.1) is 0 Å². The van der Waals surface area contributed by atoms with Gasteiger partial charge in [0, 0.05) is 0 Å². The fraction of sp³-hybridized carbons (Fsp3) is 0.0476. The number of hydrogen-bond acceptors (Lipinski definition) is 4. The number of carbonyl (C=O) groups excluding carboxylic acids is 2. The van der Waals surface area contributed by atoms with Crippen LogP contribution < -0.4 is 0 Å². The molecule has 0 radical (unpaired) electrons. The Morgan fingerprint density at radius 1 is 1.00 bits per heavy atom. The summed E-state index contributed by atoms with van der Waals surface area (Å²) in [6.45, 7) is 0.244. The number of halogens is 2. The molecule has 4 nitrogen and oxygen atoms in total. The lowest BCUT2D eigenvalue weighted by Gasteiger charge is -2.14. The van der Waals surface area contributed by atoms with Crippen LogP contribution in [0.5, 0.6) is 5.75 Å². The molecule has 2 amide bonds. The highest BCUT2D eigenvalue weighted by atomic mass is 127. The Kier molecular flexibility index (Phi) is 5.66. The normalized spacial score (nSPS) is 15.8. The predicted octanol–water partition coefficient (Wildman–Crippen LogP) is 5.99. The van der Waals surface area contributed by atoms with Crippen LogP contribution >= 0.6 is 56.9 Å². The monoisotopic (exact) mass is 613 g/mol. The summed E-state index contributed by atoms with van der Waals surface area (Å²) in [4.78, 5) is 27.0. The van der Waals surface area contributed by atoms with E-state index < -0.39 is 0 Å². The molecule has 1 N–H and O–H groups in total. The topological polar surface area (TPSA) is 57.6 Å². The van der Waals surface area contributed by atoms with E-state index >= 15 is 0 Å². The van der Waals surface area contributed by atoms with Crippen molar-refractivity contribution in [2.24, 2.45) is 0 Å². The Morgan fingerprint density at radius 2 is 1.68 bits per heavy atom. The van der Waals surface area contributed by atoms with Crippen molar-refractivity contribution in [1.29, 1.82) is 0 Å². The van der Waals surface area contributed by atoms with Crippen molar-refractivity contribution < 1.29 is 14.7 Å². The van der Waals surface area contributed by atoms with Gasteiger partial charge in [-0.3, -0.25) is 14.5 Å². The number of thioether (sulfide) groups is 1. The van der Waals surface area contributed by atoms with Crippen molar-refractivity contribution in [3.05, 3.63) is 77.8 Å². The number of carbonyl (C=O) groups is 2. The van der Waals surface area contributed by atoms with Crippen LogP contribution in [0.4, 0.5) is 4.79 Å². The molecule has 28 heavy (non-hydrogen) atoms. The Morgan fingerprint density at radius 3 is 2.43 bits per heavy atom. The zero-order valence-electron chi connectivity index (χ0n) is 14.4. The summed E-state index contributed by atoms with van der Waals surface area (Å²) in [5, 5.41) is 11.8. The lowest BCUT2D eigenvalue weighted by Crippen LogP contribution is -2.27. The van der Waals surface area contributed by atoms with Gasteiger partial charge in [0.15, 0.2) is 0 Å².